The predicted octanol–water partition coefficient (Wildman–Crippen LogP) is 3.25. The molecular weight excluding hydrogens is 262 g/mol. The van der Waals surface area contributed by atoms with Gasteiger partial charge in [-0.2, -0.15) is 0 Å². The van der Waals surface area contributed by atoms with Crippen molar-refractivity contribution < 1.29 is 4.79 Å². The first-order valence-electron chi connectivity index (χ1n) is 7.21. The number of ketones is 1. The molecule has 0 unspecified atom stereocenters. The third-order valence-corrected chi connectivity index (χ3v) is 4.14. The Bertz CT molecular complexity index is 849. The quantitative estimate of drug-likeness (QED) is 0.686. The van der Waals surface area contributed by atoms with E-state index in [2.05, 4.69) is 27.5 Å². The summed E-state index contributed by atoms with van der Waals surface area (Å²) in [7, 11) is 0. The zero-order chi connectivity index (χ0) is 14.4. The van der Waals surface area contributed by atoms with E-state index in [0.717, 1.165) is 40.6 Å². The lowest BCUT2D eigenvalue weighted by atomic mass is 9.94. The number of carbonyl (C=O) groups excluding carboxylic acids is 1. The number of hydrogen-bond donors (Lipinski definition) is 0. The molecule has 4 nitrogen and oxygen atoms in total. The zero-order valence-corrected chi connectivity index (χ0v) is 11.8. The molecule has 0 saturated carbocycles. The van der Waals surface area contributed by atoms with Crippen molar-refractivity contribution >= 4 is 16.7 Å². The SMILES string of the molecule is Cc1cccc2c3c(n(-c4ncccn4)c12)CCCC3=O. The minimum absolute atomic E-state index is 0.238. The molecule has 0 spiro atoms. The van der Waals surface area contributed by atoms with Gasteiger partial charge in [-0.25, -0.2) is 9.97 Å². The number of aryl methyl sites for hydroxylation is 1. The second-order valence-electron chi connectivity index (χ2n) is 5.45. The number of aromatic nitrogens is 3. The molecule has 104 valence electrons. The average molecular weight is 277 g/mol. The maximum Gasteiger partial charge on any atom is 0.234 e. The number of rotatable bonds is 1. The lowest BCUT2D eigenvalue weighted by molar-refractivity contribution is 0.0973. The number of benzene rings is 1. The minimum atomic E-state index is 0.238. The molecule has 0 fully saturated rings. The Labute approximate surface area is 122 Å². The van der Waals surface area contributed by atoms with Crippen molar-refractivity contribution in [3.8, 4) is 5.95 Å². The summed E-state index contributed by atoms with van der Waals surface area (Å²) in [6.45, 7) is 2.07. The molecule has 3 aromatic rings. The molecule has 0 N–H and O–H groups in total. The second kappa shape index (κ2) is 4.52. The molecular formula is C17H15N3O. The highest BCUT2D eigenvalue weighted by Gasteiger charge is 2.27. The molecule has 2 aromatic heterocycles. The van der Waals surface area contributed by atoms with Crippen LogP contribution < -0.4 is 0 Å². The van der Waals surface area contributed by atoms with Crippen molar-refractivity contribution in [3.05, 3.63) is 53.5 Å². The van der Waals surface area contributed by atoms with E-state index in [1.54, 1.807) is 18.5 Å². The molecule has 0 saturated heterocycles. The van der Waals surface area contributed by atoms with Gasteiger partial charge in [0.25, 0.3) is 0 Å². The summed E-state index contributed by atoms with van der Waals surface area (Å²) >= 11 is 0. The van der Waals surface area contributed by atoms with Gasteiger partial charge in [-0.1, -0.05) is 18.2 Å². The van der Waals surface area contributed by atoms with Crippen LogP contribution in [-0.4, -0.2) is 20.3 Å². The first-order valence-corrected chi connectivity index (χ1v) is 7.21. The third-order valence-electron chi connectivity index (χ3n) is 4.14. The highest BCUT2D eigenvalue weighted by atomic mass is 16.1. The summed E-state index contributed by atoms with van der Waals surface area (Å²) in [6.07, 6.45) is 5.91. The molecule has 1 aliphatic rings. The molecule has 4 heteroatoms. The Hall–Kier alpha value is -2.49. The monoisotopic (exact) mass is 277 g/mol. The van der Waals surface area contributed by atoms with Crippen LogP contribution in [0.4, 0.5) is 0 Å². The smallest absolute Gasteiger partial charge is 0.234 e. The second-order valence-corrected chi connectivity index (χ2v) is 5.45. The van der Waals surface area contributed by atoms with Crippen molar-refractivity contribution in [1.82, 2.24) is 14.5 Å². The van der Waals surface area contributed by atoms with E-state index in [1.807, 2.05) is 12.1 Å². The summed E-state index contributed by atoms with van der Waals surface area (Å²) in [6, 6.07) is 7.91. The van der Waals surface area contributed by atoms with Gasteiger partial charge in [-0.3, -0.25) is 9.36 Å². The number of nitrogens with zero attached hydrogens (tertiary/aromatic N) is 3. The molecule has 0 atom stereocenters. The molecule has 2 heterocycles. The van der Waals surface area contributed by atoms with Crippen LogP contribution in [0.25, 0.3) is 16.9 Å². The van der Waals surface area contributed by atoms with Crippen LogP contribution in [0.2, 0.25) is 0 Å². The molecule has 0 radical (unpaired) electrons. The topological polar surface area (TPSA) is 47.8 Å². The molecule has 0 amide bonds. The van der Waals surface area contributed by atoms with E-state index in [9.17, 15) is 4.79 Å². The Morgan fingerprint density at radius 2 is 1.90 bits per heavy atom. The summed E-state index contributed by atoms with van der Waals surface area (Å²) in [5.74, 6) is 0.884. The fraction of sp³-hybridized carbons (Fsp3) is 0.235. The first kappa shape index (κ1) is 12.3. The van der Waals surface area contributed by atoms with Crippen LogP contribution in [-0.2, 0) is 6.42 Å². The lowest BCUT2D eigenvalue weighted by Crippen LogP contribution is -2.13. The Morgan fingerprint density at radius 3 is 2.71 bits per heavy atom. The van der Waals surface area contributed by atoms with E-state index >= 15 is 0 Å². The molecule has 1 aliphatic carbocycles. The first-order chi connectivity index (χ1) is 10.3. The summed E-state index contributed by atoms with van der Waals surface area (Å²) in [5.41, 5.74) is 4.13. The Balaban J connectivity index is 2.17. The van der Waals surface area contributed by atoms with Crippen molar-refractivity contribution in [3.63, 3.8) is 0 Å². The Kier molecular flexibility index (Phi) is 2.64. The molecule has 1 aromatic carbocycles. The van der Waals surface area contributed by atoms with E-state index in [0.29, 0.717) is 12.4 Å². The zero-order valence-electron chi connectivity index (χ0n) is 11.8. The van der Waals surface area contributed by atoms with Gasteiger partial charge in [-0.15, -0.1) is 0 Å². The third kappa shape index (κ3) is 1.72. The highest BCUT2D eigenvalue weighted by Crippen LogP contribution is 2.35. The Morgan fingerprint density at radius 1 is 1.10 bits per heavy atom. The van der Waals surface area contributed by atoms with Gasteiger partial charge in [-0.05, 0) is 31.4 Å². The maximum atomic E-state index is 12.4. The number of fused-ring (bicyclic) bond motifs is 3. The van der Waals surface area contributed by atoms with Crippen LogP contribution in [0.15, 0.2) is 36.7 Å². The molecule has 4 rings (SSSR count). The predicted molar refractivity (Wildman–Crippen MR) is 80.9 cm³/mol. The lowest BCUT2D eigenvalue weighted by Gasteiger charge is -2.14. The van der Waals surface area contributed by atoms with Crippen LogP contribution in [0.5, 0.6) is 0 Å². The standard InChI is InChI=1S/C17H15N3O/c1-11-5-2-6-12-15-13(7-3-8-14(15)21)20(16(11)12)17-18-9-4-10-19-17/h2,4-6,9-10H,3,7-8H2,1H3. The fourth-order valence-corrected chi connectivity index (χ4v) is 3.28. The molecule has 0 aliphatic heterocycles. The van der Waals surface area contributed by atoms with Gasteiger partial charge in [0, 0.05) is 35.5 Å². The minimum Gasteiger partial charge on any atom is -0.294 e. The average Bonchev–Trinajstić information content (AvgIpc) is 2.85. The number of hydrogen-bond acceptors (Lipinski definition) is 3. The van der Waals surface area contributed by atoms with Gasteiger partial charge < -0.3 is 0 Å². The largest absolute Gasteiger partial charge is 0.294 e. The molecule has 21 heavy (non-hydrogen) atoms. The van der Waals surface area contributed by atoms with E-state index in [1.165, 1.54) is 0 Å². The summed E-state index contributed by atoms with van der Waals surface area (Å²) in [4.78, 5) is 21.2. The maximum absolute atomic E-state index is 12.4. The van der Waals surface area contributed by atoms with Gasteiger partial charge >= 0.3 is 0 Å². The fourth-order valence-electron chi connectivity index (χ4n) is 3.28. The number of carbonyl (C=O) groups is 1. The highest BCUT2D eigenvalue weighted by molar-refractivity contribution is 6.11. The van der Waals surface area contributed by atoms with Gasteiger partial charge in [0.2, 0.25) is 5.95 Å². The molecule has 0 bridgehead atoms. The van der Waals surface area contributed by atoms with Crippen molar-refractivity contribution in [2.24, 2.45) is 0 Å². The summed E-state index contributed by atoms with van der Waals surface area (Å²) in [5, 5.41) is 1.03. The van der Waals surface area contributed by atoms with Crippen LogP contribution in [0.1, 0.15) is 34.5 Å². The van der Waals surface area contributed by atoms with E-state index in [4.69, 9.17) is 0 Å². The van der Waals surface area contributed by atoms with Gasteiger partial charge in [0.05, 0.1) is 5.52 Å². The normalized spacial score (nSPS) is 14.4. The van der Waals surface area contributed by atoms with E-state index in [-0.39, 0.29) is 5.78 Å². The van der Waals surface area contributed by atoms with Crippen LogP contribution >= 0.6 is 0 Å². The van der Waals surface area contributed by atoms with Crippen molar-refractivity contribution in [2.75, 3.05) is 0 Å². The van der Waals surface area contributed by atoms with Crippen molar-refractivity contribution in [2.45, 2.75) is 26.2 Å². The van der Waals surface area contributed by atoms with Crippen LogP contribution in [0, 0.1) is 6.92 Å². The number of Topliss-reactive ketones (excluding diaryl/α,β-unsaturated/α-hetero) is 1. The van der Waals surface area contributed by atoms with Crippen molar-refractivity contribution in [1.29, 1.82) is 0 Å². The van der Waals surface area contributed by atoms with Gasteiger partial charge in [0.15, 0.2) is 5.78 Å². The summed E-state index contributed by atoms with van der Waals surface area (Å²) < 4.78 is 2.07. The van der Waals surface area contributed by atoms with E-state index < -0.39 is 0 Å². The van der Waals surface area contributed by atoms with Gasteiger partial charge in [0.1, 0.15) is 0 Å². The van der Waals surface area contributed by atoms with Crippen LogP contribution in [0.3, 0.4) is 0 Å². The number of para-hydroxylation sites is 1.